The molecule has 1 aromatic heterocycles. The van der Waals surface area contributed by atoms with Crippen LogP contribution in [0.4, 0.5) is 0 Å². The first-order valence-electron chi connectivity index (χ1n) is 5.96. The third-order valence-electron chi connectivity index (χ3n) is 3.16. The van der Waals surface area contributed by atoms with Crippen molar-refractivity contribution in [2.45, 2.75) is 19.1 Å². The number of thiophene rings is 1. The molecule has 1 saturated heterocycles. The number of rotatable bonds is 4. The van der Waals surface area contributed by atoms with Crippen molar-refractivity contribution in [3.05, 3.63) is 20.8 Å². The van der Waals surface area contributed by atoms with Crippen LogP contribution in [0.15, 0.2) is 15.9 Å². The molecule has 96 valence electrons. The van der Waals surface area contributed by atoms with E-state index in [4.69, 9.17) is 4.74 Å². The van der Waals surface area contributed by atoms with E-state index in [1.54, 1.807) is 0 Å². The molecule has 1 aromatic rings. The van der Waals surface area contributed by atoms with Gasteiger partial charge in [-0.3, -0.25) is 4.90 Å². The van der Waals surface area contributed by atoms with Crippen molar-refractivity contribution >= 4 is 27.3 Å². The lowest BCUT2D eigenvalue weighted by Crippen LogP contribution is -2.46. The van der Waals surface area contributed by atoms with Crippen LogP contribution >= 0.6 is 27.3 Å². The molecular weight excluding hydrogens is 300 g/mol. The Bertz CT molecular complexity index is 356. The molecule has 0 amide bonds. The monoisotopic (exact) mass is 318 g/mol. The van der Waals surface area contributed by atoms with Crippen LogP contribution in [0.2, 0.25) is 0 Å². The van der Waals surface area contributed by atoms with E-state index in [1.165, 1.54) is 8.66 Å². The molecule has 2 unspecified atom stereocenters. The summed E-state index contributed by atoms with van der Waals surface area (Å²) in [5.41, 5.74) is 0. The highest BCUT2D eigenvalue weighted by atomic mass is 79.9. The van der Waals surface area contributed by atoms with E-state index in [-0.39, 0.29) is 0 Å². The normalized spacial score (nSPS) is 23.8. The van der Waals surface area contributed by atoms with Crippen LogP contribution in [0.3, 0.4) is 0 Å². The Morgan fingerprint density at radius 3 is 3.12 bits per heavy atom. The predicted octanol–water partition coefficient (Wildman–Crippen LogP) is 2.49. The number of hydrogen-bond acceptors (Lipinski definition) is 4. The Kier molecular flexibility index (Phi) is 4.99. The first-order chi connectivity index (χ1) is 8.20. The molecule has 0 saturated carbocycles. The topological polar surface area (TPSA) is 24.5 Å². The van der Waals surface area contributed by atoms with Gasteiger partial charge in [-0.25, -0.2) is 0 Å². The summed E-state index contributed by atoms with van der Waals surface area (Å²) in [5.74, 6) is 0. The minimum absolute atomic E-state index is 0.319. The summed E-state index contributed by atoms with van der Waals surface area (Å²) in [6.45, 7) is 6.08. The zero-order valence-corrected chi connectivity index (χ0v) is 12.7. The molecule has 5 heteroatoms. The standard InChI is InChI=1S/C12H19BrN2OS/c1-9(11-3-4-12(13)17-11)15-5-6-16-10(8-15)7-14-2/h3-4,9-10,14H,5-8H2,1-2H3. The molecule has 1 N–H and O–H groups in total. The molecule has 1 fully saturated rings. The van der Waals surface area contributed by atoms with Gasteiger partial charge in [0.05, 0.1) is 16.5 Å². The lowest BCUT2D eigenvalue weighted by molar-refractivity contribution is -0.0388. The van der Waals surface area contributed by atoms with Gasteiger partial charge < -0.3 is 10.1 Å². The van der Waals surface area contributed by atoms with Crippen molar-refractivity contribution in [1.29, 1.82) is 0 Å². The minimum atomic E-state index is 0.319. The number of nitrogens with one attached hydrogen (secondary N) is 1. The molecule has 0 aliphatic carbocycles. The number of nitrogens with zero attached hydrogens (tertiary/aromatic N) is 1. The average molecular weight is 319 g/mol. The van der Waals surface area contributed by atoms with Gasteiger partial charge in [-0.1, -0.05) is 0 Å². The maximum Gasteiger partial charge on any atom is 0.0826 e. The van der Waals surface area contributed by atoms with Crippen LogP contribution in [0.1, 0.15) is 17.8 Å². The third kappa shape index (κ3) is 3.51. The summed E-state index contributed by atoms with van der Waals surface area (Å²) in [5, 5.41) is 3.18. The zero-order chi connectivity index (χ0) is 12.3. The van der Waals surface area contributed by atoms with Crippen molar-refractivity contribution in [3.8, 4) is 0 Å². The fourth-order valence-corrected chi connectivity index (χ4v) is 3.69. The number of morpholine rings is 1. The van der Waals surface area contributed by atoms with Crippen LogP contribution in [-0.4, -0.2) is 44.3 Å². The van der Waals surface area contributed by atoms with Crippen LogP contribution in [0.5, 0.6) is 0 Å². The Labute approximate surface area is 115 Å². The molecule has 0 aromatic carbocycles. The highest BCUT2D eigenvalue weighted by Crippen LogP contribution is 2.31. The highest BCUT2D eigenvalue weighted by Gasteiger charge is 2.25. The summed E-state index contributed by atoms with van der Waals surface area (Å²) in [6.07, 6.45) is 0.319. The van der Waals surface area contributed by atoms with Gasteiger partial charge >= 0.3 is 0 Å². The lowest BCUT2D eigenvalue weighted by atomic mass is 10.2. The summed E-state index contributed by atoms with van der Waals surface area (Å²) < 4.78 is 6.94. The van der Waals surface area contributed by atoms with Gasteiger partial charge in [0.25, 0.3) is 0 Å². The van der Waals surface area contributed by atoms with Crippen LogP contribution in [0, 0.1) is 0 Å². The minimum Gasteiger partial charge on any atom is -0.374 e. The van der Waals surface area contributed by atoms with Crippen molar-refractivity contribution in [3.63, 3.8) is 0 Å². The van der Waals surface area contributed by atoms with Gasteiger partial charge in [-0.2, -0.15) is 0 Å². The van der Waals surface area contributed by atoms with Gasteiger partial charge in [0.1, 0.15) is 0 Å². The molecule has 2 heterocycles. The number of ether oxygens (including phenoxy) is 1. The van der Waals surface area contributed by atoms with E-state index in [1.807, 2.05) is 18.4 Å². The third-order valence-corrected chi connectivity index (χ3v) is 4.95. The van der Waals surface area contributed by atoms with Crippen molar-refractivity contribution in [1.82, 2.24) is 10.2 Å². The molecule has 0 bridgehead atoms. The smallest absolute Gasteiger partial charge is 0.0826 e. The molecule has 0 spiro atoms. The Balaban J connectivity index is 1.97. The maximum absolute atomic E-state index is 5.73. The second kappa shape index (κ2) is 6.29. The molecule has 0 radical (unpaired) electrons. The highest BCUT2D eigenvalue weighted by molar-refractivity contribution is 9.11. The van der Waals surface area contributed by atoms with Gasteiger partial charge in [-0.05, 0) is 42.0 Å². The van der Waals surface area contributed by atoms with Crippen LogP contribution in [0.25, 0.3) is 0 Å². The predicted molar refractivity (Wildman–Crippen MR) is 75.7 cm³/mol. The Morgan fingerprint density at radius 1 is 1.65 bits per heavy atom. The Morgan fingerprint density at radius 2 is 2.47 bits per heavy atom. The van der Waals surface area contributed by atoms with E-state index in [2.05, 4.69) is 45.2 Å². The lowest BCUT2D eigenvalue weighted by Gasteiger charge is -2.36. The van der Waals surface area contributed by atoms with Gasteiger partial charge in [0.2, 0.25) is 0 Å². The first-order valence-corrected chi connectivity index (χ1v) is 7.57. The van der Waals surface area contributed by atoms with Crippen molar-refractivity contribution in [2.75, 3.05) is 33.3 Å². The van der Waals surface area contributed by atoms with Crippen LogP contribution in [-0.2, 0) is 4.74 Å². The molecule has 3 nitrogen and oxygen atoms in total. The maximum atomic E-state index is 5.73. The molecule has 1 aliphatic rings. The van der Waals surface area contributed by atoms with Crippen molar-refractivity contribution in [2.24, 2.45) is 0 Å². The summed E-state index contributed by atoms with van der Waals surface area (Å²) in [4.78, 5) is 3.92. The summed E-state index contributed by atoms with van der Waals surface area (Å²) in [6, 6.07) is 4.82. The second-order valence-corrected chi connectivity index (χ2v) is 6.86. The second-order valence-electron chi connectivity index (χ2n) is 4.36. The van der Waals surface area contributed by atoms with E-state index in [9.17, 15) is 0 Å². The van der Waals surface area contributed by atoms with Gasteiger partial charge in [0.15, 0.2) is 0 Å². The summed E-state index contributed by atoms with van der Waals surface area (Å²) in [7, 11) is 1.97. The van der Waals surface area contributed by atoms with E-state index in [0.717, 1.165) is 26.2 Å². The number of halogens is 1. The SMILES string of the molecule is CNCC1CN(C(C)c2ccc(Br)s2)CCO1. The first kappa shape index (κ1) is 13.5. The largest absolute Gasteiger partial charge is 0.374 e. The zero-order valence-electron chi connectivity index (χ0n) is 10.3. The van der Waals surface area contributed by atoms with Gasteiger partial charge in [-0.15, -0.1) is 11.3 Å². The molecular formula is C12H19BrN2OS. The summed E-state index contributed by atoms with van der Waals surface area (Å²) >= 11 is 5.35. The van der Waals surface area contributed by atoms with E-state index < -0.39 is 0 Å². The molecule has 17 heavy (non-hydrogen) atoms. The van der Waals surface area contributed by atoms with Crippen LogP contribution < -0.4 is 5.32 Å². The number of hydrogen-bond donors (Lipinski definition) is 1. The molecule has 2 rings (SSSR count). The fraction of sp³-hybridized carbons (Fsp3) is 0.667. The van der Waals surface area contributed by atoms with E-state index >= 15 is 0 Å². The Hall–Kier alpha value is 0.0600. The number of likely N-dealkylation sites (N-methyl/N-ethyl adjacent to an activating group) is 1. The fourth-order valence-electron chi connectivity index (χ4n) is 2.18. The molecule has 1 aliphatic heterocycles. The quantitative estimate of drug-likeness (QED) is 0.923. The molecule has 2 atom stereocenters. The van der Waals surface area contributed by atoms with E-state index in [0.29, 0.717) is 12.1 Å². The van der Waals surface area contributed by atoms with Gasteiger partial charge in [0, 0.05) is 30.6 Å². The van der Waals surface area contributed by atoms with Crippen molar-refractivity contribution < 1.29 is 4.74 Å². The average Bonchev–Trinajstić information content (AvgIpc) is 2.76.